The molecule has 0 fully saturated rings. The fraction of sp³-hybridized carbons (Fsp3) is 0.385. The number of fused-ring (bicyclic) bond motifs is 1. The van der Waals surface area contributed by atoms with E-state index in [1.807, 2.05) is 12.1 Å². The Morgan fingerprint density at radius 1 is 1.12 bits per heavy atom. The average Bonchev–Trinajstić information content (AvgIpc) is 3.17. The highest BCUT2D eigenvalue weighted by Gasteiger charge is 2.18. The highest BCUT2D eigenvalue weighted by molar-refractivity contribution is 7.07. The number of amides is 1. The van der Waals surface area contributed by atoms with E-state index < -0.39 is 0 Å². The van der Waals surface area contributed by atoms with Crippen LogP contribution in [0.3, 0.4) is 0 Å². The van der Waals surface area contributed by atoms with E-state index in [2.05, 4.69) is 72.1 Å². The average molecular weight is 465 g/mol. The molecule has 3 aromatic rings. The van der Waals surface area contributed by atoms with E-state index in [-0.39, 0.29) is 12.5 Å². The number of aryl methyl sites for hydroxylation is 2. The van der Waals surface area contributed by atoms with Gasteiger partial charge in [0, 0.05) is 17.5 Å². The lowest BCUT2D eigenvalue weighted by atomic mass is 10.1. The molecular weight excluding hydrogens is 432 g/mol. The zero-order valence-corrected chi connectivity index (χ0v) is 20.7. The highest BCUT2D eigenvalue weighted by Crippen LogP contribution is 2.33. The fourth-order valence-corrected chi connectivity index (χ4v) is 5.18. The number of carbonyl (C=O) groups is 1. The number of nitrogens with one attached hydrogen (secondary N) is 1. The van der Waals surface area contributed by atoms with Crippen LogP contribution in [0.5, 0.6) is 5.75 Å². The Balaban J connectivity index is 1.73. The molecule has 0 radical (unpaired) electrons. The zero-order valence-electron chi connectivity index (χ0n) is 19.9. The lowest BCUT2D eigenvalue weighted by molar-refractivity contribution is -0.118. The first-order chi connectivity index (χ1) is 16.0. The Hall–Kier alpha value is -2.90. The summed E-state index contributed by atoms with van der Waals surface area (Å²) in [6, 6.07) is 12.4. The van der Waals surface area contributed by atoms with Gasteiger partial charge in [-0.05, 0) is 81.4 Å². The van der Waals surface area contributed by atoms with Gasteiger partial charge in [0.2, 0.25) is 0 Å². The molecule has 0 saturated heterocycles. The second kappa shape index (κ2) is 10.4. The van der Waals surface area contributed by atoms with Crippen LogP contribution in [0.25, 0.3) is 11.3 Å². The maximum atomic E-state index is 11.8. The number of benzene rings is 2. The van der Waals surface area contributed by atoms with Crippen molar-refractivity contribution in [1.29, 1.82) is 0 Å². The van der Waals surface area contributed by atoms with Gasteiger partial charge in [-0.15, -0.1) is 11.3 Å². The van der Waals surface area contributed by atoms with Crippen molar-refractivity contribution >= 4 is 28.6 Å². The largest absolute Gasteiger partial charge is 0.482 e. The summed E-state index contributed by atoms with van der Waals surface area (Å²) in [7, 11) is 0. The third-order valence-electron chi connectivity index (χ3n) is 5.89. The molecule has 0 atom stereocenters. The van der Waals surface area contributed by atoms with Crippen LogP contribution in [0, 0.1) is 13.8 Å². The van der Waals surface area contributed by atoms with Crippen molar-refractivity contribution in [2.24, 2.45) is 4.99 Å². The minimum atomic E-state index is -0.123. The van der Waals surface area contributed by atoms with E-state index >= 15 is 0 Å². The Labute approximate surface area is 199 Å². The zero-order chi connectivity index (χ0) is 23.4. The SMILES string of the molecule is CCN(CC)CCCn1c(-c2ccc3c(c2)NC(=O)CO3)csc1=Nc1cc(C)cc(C)c1. The van der Waals surface area contributed by atoms with Crippen LogP contribution in [-0.2, 0) is 11.3 Å². The van der Waals surface area contributed by atoms with Crippen molar-refractivity contribution in [3.63, 3.8) is 0 Å². The predicted octanol–water partition coefficient (Wildman–Crippen LogP) is 5.13. The smallest absolute Gasteiger partial charge is 0.262 e. The number of hydrogen-bond acceptors (Lipinski definition) is 5. The van der Waals surface area contributed by atoms with Crippen LogP contribution in [0.15, 0.2) is 46.8 Å². The number of carbonyl (C=O) groups excluding carboxylic acids is 1. The van der Waals surface area contributed by atoms with Gasteiger partial charge in [-0.2, -0.15) is 0 Å². The summed E-state index contributed by atoms with van der Waals surface area (Å²) < 4.78 is 7.84. The maximum absolute atomic E-state index is 11.8. The summed E-state index contributed by atoms with van der Waals surface area (Å²) in [5.74, 6) is 0.587. The van der Waals surface area contributed by atoms with Crippen molar-refractivity contribution in [3.05, 3.63) is 57.7 Å². The summed E-state index contributed by atoms with van der Waals surface area (Å²) in [5.41, 5.74) is 6.26. The lowest BCUT2D eigenvalue weighted by Gasteiger charge is -2.20. The number of aromatic nitrogens is 1. The Bertz CT molecular complexity index is 1190. The second-order valence-corrected chi connectivity index (χ2v) is 9.28. The maximum Gasteiger partial charge on any atom is 0.262 e. The fourth-order valence-electron chi connectivity index (χ4n) is 4.23. The molecule has 0 spiro atoms. The lowest BCUT2D eigenvalue weighted by Crippen LogP contribution is -2.26. The number of ether oxygens (including phenoxy) is 1. The molecule has 0 bridgehead atoms. The van der Waals surface area contributed by atoms with Crippen molar-refractivity contribution in [2.75, 3.05) is 31.6 Å². The first-order valence-electron chi connectivity index (χ1n) is 11.6. The molecule has 1 aliphatic heterocycles. The van der Waals surface area contributed by atoms with Crippen molar-refractivity contribution in [1.82, 2.24) is 9.47 Å². The molecule has 0 saturated carbocycles. The van der Waals surface area contributed by atoms with E-state index in [9.17, 15) is 4.79 Å². The number of rotatable bonds is 8. The third-order valence-corrected chi connectivity index (χ3v) is 6.75. The first-order valence-corrected chi connectivity index (χ1v) is 12.5. The quantitative estimate of drug-likeness (QED) is 0.503. The molecule has 1 amide bonds. The highest BCUT2D eigenvalue weighted by atomic mass is 32.1. The van der Waals surface area contributed by atoms with Crippen LogP contribution in [0.2, 0.25) is 0 Å². The Kier molecular flexibility index (Phi) is 7.30. The second-order valence-electron chi connectivity index (χ2n) is 8.44. The van der Waals surface area contributed by atoms with Crippen molar-refractivity contribution in [3.8, 4) is 17.0 Å². The third kappa shape index (κ3) is 5.54. The van der Waals surface area contributed by atoms with Crippen LogP contribution in [0.4, 0.5) is 11.4 Å². The van der Waals surface area contributed by atoms with Gasteiger partial charge in [0.1, 0.15) is 5.75 Å². The van der Waals surface area contributed by atoms with Crippen molar-refractivity contribution < 1.29 is 9.53 Å². The normalized spacial score (nSPS) is 13.7. The van der Waals surface area contributed by atoms with Crippen molar-refractivity contribution in [2.45, 2.75) is 40.7 Å². The van der Waals surface area contributed by atoms with Gasteiger partial charge in [-0.3, -0.25) is 4.79 Å². The van der Waals surface area contributed by atoms with Gasteiger partial charge in [0.05, 0.1) is 17.1 Å². The number of thiazole rings is 1. The molecule has 1 aliphatic rings. The monoisotopic (exact) mass is 464 g/mol. The van der Waals surface area contributed by atoms with Gasteiger partial charge in [-0.1, -0.05) is 19.9 Å². The number of hydrogen-bond donors (Lipinski definition) is 1. The molecule has 7 heteroatoms. The molecule has 2 aromatic carbocycles. The van der Waals surface area contributed by atoms with E-state index in [0.29, 0.717) is 5.75 Å². The van der Waals surface area contributed by atoms with Gasteiger partial charge in [-0.25, -0.2) is 4.99 Å². The van der Waals surface area contributed by atoms with E-state index in [4.69, 9.17) is 9.73 Å². The minimum absolute atomic E-state index is 0.0646. The summed E-state index contributed by atoms with van der Waals surface area (Å²) in [4.78, 5) is 20.2. The topological polar surface area (TPSA) is 58.9 Å². The van der Waals surface area contributed by atoms with Crippen LogP contribution < -0.4 is 14.9 Å². The molecular formula is C26H32N4O2S. The standard InChI is InChI=1S/C26H32N4O2S/c1-5-29(6-2)10-7-11-30-23(20-8-9-24-22(15-20)28-25(31)16-32-24)17-33-26(30)27-21-13-18(3)12-19(4)14-21/h8-9,12-15,17H,5-7,10-11,16H2,1-4H3,(H,28,31). The van der Waals surface area contributed by atoms with Crippen LogP contribution in [-0.4, -0.2) is 41.6 Å². The summed E-state index contributed by atoms with van der Waals surface area (Å²) >= 11 is 1.65. The van der Waals surface area contributed by atoms with E-state index in [0.717, 1.165) is 60.0 Å². The predicted molar refractivity (Wildman–Crippen MR) is 135 cm³/mol. The Morgan fingerprint density at radius 3 is 2.61 bits per heavy atom. The van der Waals surface area contributed by atoms with E-state index in [1.54, 1.807) is 11.3 Å². The molecule has 174 valence electrons. The van der Waals surface area contributed by atoms with Crippen LogP contribution in [0.1, 0.15) is 31.4 Å². The van der Waals surface area contributed by atoms with Gasteiger partial charge < -0.3 is 19.5 Å². The molecule has 4 rings (SSSR count). The first kappa shape index (κ1) is 23.3. The molecule has 2 heterocycles. The summed E-state index contributed by atoms with van der Waals surface area (Å²) in [6.07, 6.45) is 1.04. The number of anilines is 1. The van der Waals surface area contributed by atoms with Gasteiger partial charge in [0.15, 0.2) is 11.4 Å². The molecule has 0 unspecified atom stereocenters. The van der Waals surface area contributed by atoms with E-state index in [1.165, 1.54) is 11.1 Å². The molecule has 33 heavy (non-hydrogen) atoms. The van der Waals surface area contributed by atoms with Gasteiger partial charge >= 0.3 is 0 Å². The Morgan fingerprint density at radius 2 is 1.88 bits per heavy atom. The molecule has 1 aromatic heterocycles. The van der Waals surface area contributed by atoms with Gasteiger partial charge in [0.25, 0.3) is 5.91 Å². The minimum Gasteiger partial charge on any atom is -0.482 e. The molecule has 1 N–H and O–H groups in total. The van der Waals surface area contributed by atoms with Crippen LogP contribution >= 0.6 is 11.3 Å². The summed E-state index contributed by atoms with van der Waals surface area (Å²) in [5, 5.41) is 5.08. The molecule has 0 aliphatic carbocycles. The number of nitrogens with zero attached hydrogens (tertiary/aromatic N) is 3. The summed E-state index contributed by atoms with van der Waals surface area (Å²) in [6.45, 7) is 12.7. The molecule has 6 nitrogen and oxygen atoms in total.